The van der Waals surface area contributed by atoms with Crippen molar-refractivity contribution >= 4 is 44.8 Å². The Morgan fingerprint density at radius 2 is 1.70 bits per heavy atom. The second-order valence-electron chi connectivity index (χ2n) is 9.19. The molecule has 0 spiro atoms. The molecule has 9 heteroatoms. The van der Waals surface area contributed by atoms with Gasteiger partial charge in [-0.15, -0.1) is 0 Å². The molecule has 0 radical (unpaired) electrons. The summed E-state index contributed by atoms with van der Waals surface area (Å²) >= 11 is 6.20. The van der Waals surface area contributed by atoms with Crippen LogP contribution >= 0.6 is 11.6 Å². The lowest BCUT2D eigenvalue weighted by Crippen LogP contribution is -2.52. The average molecular weight is 540 g/mol. The van der Waals surface area contributed by atoms with E-state index in [4.69, 9.17) is 11.6 Å². The first-order chi connectivity index (χ1) is 17.7. The lowest BCUT2D eigenvalue weighted by molar-refractivity contribution is -0.125. The number of nitrogens with zero attached hydrogens (tertiary/aromatic N) is 1. The molecule has 2 N–H and O–H groups in total. The van der Waals surface area contributed by atoms with Crippen LogP contribution in [0, 0.1) is 13.8 Å². The van der Waals surface area contributed by atoms with Crippen molar-refractivity contribution in [1.82, 2.24) is 5.32 Å². The highest BCUT2D eigenvalue weighted by molar-refractivity contribution is 7.93. The number of amides is 2. The molecule has 37 heavy (non-hydrogen) atoms. The topological polar surface area (TPSA) is 95.6 Å². The zero-order valence-electron chi connectivity index (χ0n) is 20.8. The van der Waals surface area contributed by atoms with Gasteiger partial charge in [-0.3, -0.25) is 13.9 Å². The van der Waals surface area contributed by atoms with Crippen LogP contribution in [0.3, 0.4) is 0 Å². The molecule has 4 rings (SSSR count). The van der Waals surface area contributed by atoms with Crippen molar-refractivity contribution in [1.29, 1.82) is 0 Å². The molecule has 7 nitrogen and oxygen atoms in total. The Hall–Kier alpha value is -3.36. The first-order valence-corrected chi connectivity index (χ1v) is 14.0. The molecule has 1 unspecified atom stereocenters. The summed E-state index contributed by atoms with van der Waals surface area (Å²) in [7, 11) is -4.20. The largest absolute Gasteiger partial charge is 0.356 e. The number of carbonyl (C=O) groups is 2. The molecule has 3 aromatic rings. The van der Waals surface area contributed by atoms with E-state index in [1.165, 1.54) is 11.6 Å². The normalized spacial score (nSPS) is 15.2. The predicted molar refractivity (Wildman–Crippen MR) is 146 cm³/mol. The van der Waals surface area contributed by atoms with E-state index in [-0.39, 0.29) is 17.2 Å². The van der Waals surface area contributed by atoms with Gasteiger partial charge in [0.1, 0.15) is 6.04 Å². The van der Waals surface area contributed by atoms with Crippen molar-refractivity contribution in [2.24, 2.45) is 0 Å². The second kappa shape index (κ2) is 11.4. The van der Waals surface area contributed by atoms with E-state index in [0.717, 1.165) is 23.6 Å². The van der Waals surface area contributed by atoms with Crippen LogP contribution in [-0.2, 0) is 26.0 Å². The van der Waals surface area contributed by atoms with E-state index in [9.17, 15) is 18.0 Å². The van der Waals surface area contributed by atoms with E-state index in [2.05, 4.69) is 22.8 Å². The third-order valence-electron chi connectivity index (χ3n) is 6.41. The fourth-order valence-corrected chi connectivity index (χ4v) is 6.59. The number of carbonyl (C=O) groups excluding carboxylic acids is 2. The second-order valence-corrected chi connectivity index (χ2v) is 11.4. The number of rotatable bonds is 9. The summed E-state index contributed by atoms with van der Waals surface area (Å²) < 4.78 is 29.0. The van der Waals surface area contributed by atoms with Gasteiger partial charge in [0, 0.05) is 11.6 Å². The zero-order valence-corrected chi connectivity index (χ0v) is 22.4. The number of aryl methyl sites for hydroxylation is 3. The standard InChI is InChI=1S/C28H30ClN3O4S/c1-19-17-26(20(2)16-22(19)29)37(35,36)32-24-14-7-6-13-23(24)31-28(34)25(32)18-27(33)30-15-9-8-12-21-10-4-3-5-11-21/h3-7,10-11,13-14,16-17,25H,8-9,12,15,18H2,1-2H3,(H,30,33)(H,31,34). The number of anilines is 2. The Kier molecular flexibility index (Phi) is 8.19. The molecule has 0 bridgehead atoms. The number of nitrogens with one attached hydrogen (secondary N) is 2. The van der Waals surface area contributed by atoms with Gasteiger partial charge in [-0.25, -0.2) is 8.42 Å². The Morgan fingerprint density at radius 3 is 2.46 bits per heavy atom. The van der Waals surface area contributed by atoms with E-state index in [1.807, 2.05) is 18.2 Å². The minimum Gasteiger partial charge on any atom is -0.356 e. The number of benzene rings is 3. The summed E-state index contributed by atoms with van der Waals surface area (Å²) in [6.45, 7) is 3.82. The molecule has 1 aliphatic rings. The Labute approximate surface area is 222 Å². The van der Waals surface area contributed by atoms with E-state index in [1.54, 1.807) is 44.2 Å². The van der Waals surface area contributed by atoms with Gasteiger partial charge in [0.2, 0.25) is 11.8 Å². The average Bonchev–Trinajstić information content (AvgIpc) is 2.86. The Bertz CT molecular complexity index is 1410. The van der Waals surface area contributed by atoms with Crippen LogP contribution in [0.5, 0.6) is 0 Å². The number of hydrogen-bond donors (Lipinski definition) is 2. The third-order valence-corrected chi connectivity index (χ3v) is 8.79. The first-order valence-electron chi connectivity index (χ1n) is 12.2. The van der Waals surface area contributed by atoms with Crippen LogP contribution in [0.1, 0.15) is 36.0 Å². The fourth-order valence-electron chi connectivity index (χ4n) is 4.45. The Balaban J connectivity index is 1.53. The fraction of sp³-hybridized carbons (Fsp3) is 0.286. The molecule has 0 saturated carbocycles. The molecule has 0 aliphatic carbocycles. The highest BCUT2D eigenvalue weighted by Crippen LogP contribution is 2.38. The maximum Gasteiger partial charge on any atom is 0.265 e. The van der Waals surface area contributed by atoms with Crippen molar-refractivity contribution in [2.45, 2.75) is 50.5 Å². The zero-order chi connectivity index (χ0) is 26.6. The molecule has 2 amide bonds. The molecule has 1 atom stereocenters. The third kappa shape index (κ3) is 5.97. The summed E-state index contributed by atoms with van der Waals surface area (Å²) in [5.41, 5.74) is 2.98. The quantitative estimate of drug-likeness (QED) is 0.374. The van der Waals surface area contributed by atoms with E-state index in [0.29, 0.717) is 34.1 Å². The lowest BCUT2D eigenvalue weighted by Gasteiger charge is -2.37. The number of sulfonamides is 1. The minimum absolute atomic E-state index is 0.0465. The summed E-state index contributed by atoms with van der Waals surface area (Å²) in [5, 5.41) is 6.05. The molecular weight excluding hydrogens is 510 g/mol. The molecule has 1 aliphatic heterocycles. The molecular formula is C28H30ClN3O4S. The first kappa shape index (κ1) is 26.7. The van der Waals surface area contributed by atoms with Crippen molar-refractivity contribution in [2.75, 3.05) is 16.2 Å². The van der Waals surface area contributed by atoms with Crippen LogP contribution in [0.15, 0.2) is 71.6 Å². The molecule has 3 aromatic carbocycles. The maximum absolute atomic E-state index is 14.0. The highest BCUT2D eigenvalue weighted by Gasteiger charge is 2.42. The summed E-state index contributed by atoms with van der Waals surface area (Å²) in [6, 6.07) is 18.6. The highest BCUT2D eigenvalue weighted by atomic mass is 35.5. The number of unbranched alkanes of at least 4 members (excludes halogenated alkanes) is 1. The minimum atomic E-state index is -4.20. The van der Waals surface area contributed by atoms with Crippen molar-refractivity contribution in [3.8, 4) is 0 Å². The smallest absolute Gasteiger partial charge is 0.265 e. The van der Waals surface area contributed by atoms with Crippen LogP contribution in [0.25, 0.3) is 0 Å². The summed E-state index contributed by atoms with van der Waals surface area (Å²) in [4.78, 5) is 26.0. The molecule has 0 fully saturated rings. The number of para-hydroxylation sites is 2. The van der Waals surface area contributed by atoms with Crippen LogP contribution in [0.2, 0.25) is 5.02 Å². The number of fused-ring (bicyclic) bond motifs is 1. The molecule has 0 saturated heterocycles. The van der Waals surface area contributed by atoms with E-state index < -0.39 is 22.0 Å². The number of hydrogen-bond acceptors (Lipinski definition) is 4. The summed E-state index contributed by atoms with van der Waals surface area (Å²) in [5.74, 6) is -0.937. The lowest BCUT2D eigenvalue weighted by atomic mass is 10.1. The van der Waals surface area contributed by atoms with Gasteiger partial charge in [0.25, 0.3) is 10.0 Å². The predicted octanol–water partition coefficient (Wildman–Crippen LogP) is 5.00. The van der Waals surface area contributed by atoms with Gasteiger partial charge in [-0.05, 0) is 74.1 Å². The van der Waals surface area contributed by atoms with Crippen molar-refractivity contribution in [3.05, 3.63) is 88.4 Å². The summed E-state index contributed by atoms with van der Waals surface area (Å²) in [6.07, 6.45) is 2.27. The SMILES string of the molecule is Cc1cc(S(=O)(=O)N2c3ccccc3NC(=O)C2CC(=O)NCCCCc2ccccc2)c(C)cc1Cl. The van der Waals surface area contributed by atoms with E-state index >= 15 is 0 Å². The molecule has 194 valence electrons. The molecule has 1 heterocycles. The van der Waals surface area contributed by atoms with Crippen LogP contribution in [0.4, 0.5) is 11.4 Å². The van der Waals surface area contributed by atoms with Gasteiger partial charge in [-0.1, -0.05) is 54.1 Å². The van der Waals surface area contributed by atoms with Crippen LogP contribution in [-0.4, -0.2) is 32.8 Å². The monoisotopic (exact) mass is 539 g/mol. The van der Waals surface area contributed by atoms with Gasteiger partial charge in [0.05, 0.1) is 22.7 Å². The van der Waals surface area contributed by atoms with Gasteiger partial charge in [0.15, 0.2) is 0 Å². The van der Waals surface area contributed by atoms with Gasteiger partial charge in [-0.2, -0.15) is 0 Å². The Morgan fingerprint density at radius 1 is 1.00 bits per heavy atom. The van der Waals surface area contributed by atoms with Crippen molar-refractivity contribution < 1.29 is 18.0 Å². The van der Waals surface area contributed by atoms with Gasteiger partial charge >= 0.3 is 0 Å². The van der Waals surface area contributed by atoms with Gasteiger partial charge < -0.3 is 10.6 Å². The maximum atomic E-state index is 14.0. The van der Waals surface area contributed by atoms with Crippen LogP contribution < -0.4 is 14.9 Å². The number of halogens is 1. The van der Waals surface area contributed by atoms with Crippen molar-refractivity contribution in [3.63, 3.8) is 0 Å². The molecule has 0 aromatic heterocycles.